The first-order chi connectivity index (χ1) is 15.5. The highest BCUT2D eigenvalue weighted by molar-refractivity contribution is 7.99. The minimum absolute atomic E-state index is 0.182. The van der Waals surface area contributed by atoms with Crippen molar-refractivity contribution in [3.8, 4) is 17.4 Å². The molecule has 0 aliphatic heterocycles. The van der Waals surface area contributed by atoms with E-state index < -0.39 is 11.7 Å². The predicted molar refractivity (Wildman–Crippen MR) is 117 cm³/mol. The summed E-state index contributed by atoms with van der Waals surface area (Å²) in [7, 11) is 0. The number of thioether (sulfide) groups is 1. The molecule has 4 rings (SSSR count). The van der Waals surface area contributed by atoms with Gasteiger partial charge < -0.3 is 10.1 Å². The van der Waals surface area contributed by atoms with Crippen LogP contribution in [0.3, 0.4) is 0 Å². The fourth-order valence-electron chi connectivity index (χ4n) is 2.89. The number of halogens is 2. The second-order valence-electron chi connectivity index (χ2n) is 6.53. The fourth-order valence-corrected chi connectivity index (χ4v) is 3.53. The number of anilines is 1. The summed E-state index contributed by atoms with van der Waals surface area (Å²) >= 11 is 0.336. The molecule has 0 saturated heterocycles. The highest BCUT2D eigenvalue weighted by Gasteiger charge is 2.15. The van der Waals surface area contributed by atoms with E-state index in [-0.39, 0.29) is 10.5 Å². The maximum Gasteiger partial charge on any atom is 0.288 e. The number of alkyl halides is 2. The van der Waals surface area contributed by atoms with Gasteiger partial charge in [-0.3, -0.25) is 9.36 Å². The second kappa shape index (κ2) is 9.56. The third kappa shape index (κ3) is 5.09. The minimum atomic E-state index is -2.61. The quantitative estimate of drug-likeness (QED) is 0.381. The van der Waals surface area contributed by atoms with Gasteiger partial charge in [0, 0.05) is 29.0 Å². The molecule has 0 atom stereocenters. The van der Waals surface area contributed by atoms with Gasteiger partial charge in [-0.25, -0.2) is 4.98 Å². The van der Waals surface area contributed by atoms with E-state index in [0.717, 1.165) is 5.82 Å². The molecule has 7 nitrogen and oxygen atoms in total. The molecule has 10 heteroatoms. The Labute approximate surface area is 186 Å². The van der Waals surface area contributed by atoms with Crippen LogP contribution in [-0.4, -0.2) is 31.4 Å². The Morgan fingerprint density at radius 3 is 2.50 bits per heavy atom. The molecule has 0 spiro atoms. The van der Waals surface area contributed by atoms with E-state index in [0.29, 0.717) is 34.9 Å². The maximum atomic E-state index is 12.7. The van der Waals surface area contributed by atoms with E-state index in [2.05, 4.69) is 20.5 Å². The standard InChI is InChI=1S/C22H17F2N5O2S/c1-14-25-12-13-29(14)19-10-11-20(28-27-19)31-16-8-6-15(7-9-16)26-21(30)17-4-2-3-5-18(17)32-22(23)24/h2-13,22H,1H3,(H,26,30). The monoisotopic (exact) mass is 453 g/mol. The van der Waals surface area contributed by atoms with E-state index >= 15 is 0 Å². The van der Waals surface area contributed by atoms with Gasteiger partial charge in [0.2, 0.25) is 5.88 Å². The van der Waals surface area contributed by atoms with Gasteiger partial charge >= 0.3 is 0 Å². The number of aryl methyl sites for hydroxylation is 1. The van der Waals surface area contributed by atoms with Crippen molar-refractivity contribution in [2.75, 3.05) is 5.32 Å². The number of imidazole rings is 1. The van der Waals surface area contributed by atoms with Crippen LogP contribution < -0.4 is 10.1 Å². The van der Waals surface area contributed by atoms with Crippen LogP contribution in [0, 0.1) is 6.92 Å². The maximum absolute atomic E-state index is 12.7. The van der Waals surface area contributed by atoms with Gasteiger partial charge in [-0.2, -0.15) is 8.78 Å². The molecule has 162 valence electrons. The van der Waals surface area contributed by atoms with Crippen LogP contribution >= 0.6 is 11.8 Å². The number of hydrogen-bond donors (Lipinski definition) is 1. The molecule has 2 aromatic heterocycles. The number of hydrogen-bond acceptors (Lipinski definition) is 6. The Balaban J connectivity index is 1.40. The molecule has 32 heavy (non-hydrogen) atoms. The molecule has 4 aromatic rings. The SMILES string of the molecule is Cc1nccn1-c1ccc(Oc2ccc(NC(=O)c3ccccc3SC(F)F)cc2)nn1. The van der Waals surface area contributed by atoms with Crippen molar-refractivity contribution in [3.05, 3.63) is 84.4 Å². The molecule has 0 bridgehead atoms. The Bertz CT molecular complexity index is 1210. The molecule has 0 fully saturated rings. The molecular formula is C22H17F2N5O2S. The Hall–Kier alpha value is -3.79. The molecule has 1 N–H and O–H groups in total. The molecule has 0 saturated carbocycles. The van der Waals surface area contributed by atoms with Gasteiger partial charge in [0.15, 0.2) is 5.82 Å². The number of rotatable bonds is 7. The first-order valence-electron chi connectivity index (χ1n) is 9.47. The van der Waals surface area contributed by atoms with Crippen molar-refractivity contribution >= 4 is 23.4 Å². The van der Waals surface area contributed by atoms with Crippen LogP contribution in [0.2, 0.25) is 0 Å². The lowest BCUT2D eigenvalue weighted by molar-refractivity contribution is 0.102. The number of ether oxygens (including phenoxy) is 1. The molecule has 0 unspecified atom stereocenters. The molecule has 2 heterocycles. The summed E-state index contributed by atoms with van der Waals surface area (Å²) in [4.78, 5) is 16.9. The van der Waals surface area contributed by atoms with Crippen molar-refractivity contribution in [1.29, 1.82) is 0 Å². The molecule has 0 aliphatic rings. The Kier molecular flexibility index (Phi) is 6.41. The zero-order valence-corrected chi connectivity index (χ0v) is 17.6. The largest absolute Gasteiger partial charge is 0.438 e. The highest BCUT2D eigenvalue weighted by Crippen LogP contribution is 2.29. The fraction of sp³-hybridized carbons (Fsp3) is 0.0909. The highest BCUT2D eigenvalue weighted by atomic mass is 32.2. The smallest absolute Gasteiger partial charge is 0.288 e. The Morgan fingerprint density at radius 1 is 1.06 bits per heavy atom. The lowest BCUT2D eigenvalue weighted by Gasteiger charge is -2.10. The van der Waals surface area contributed by atoms with E-state index in [1.54, 1.807) is 65.5 Å². The molecule has 2 aromatic carbocycles. The van der Waals surface area contributed by atoms with Gasteiger partial charge in [-0.05, 0) is 49.4 Å². The van der Waals surface area contributed by atoms with E-state index in [4.69, 9.17) is 4.74 Å². The summed E-state index contributed by atoms with van der Waals surface area (Å²) in [6.45, 7) is 1.86. The van der Waals surface area contributed by atoms with Crippen LogP contribution in [0.1, 0.15) is 16.2 Å². The number of nitrogens with one attached hydrogen (secondary N) is 1. The average molecular weight is 453 g/mol. The topological polar surface area (TPSA) is 81.9 Å². The summed E-state index contributed by atoms with van der Waals surface area (Å²) < 4.78 is 32.9. The first kappa shape index (κ1) is 21.4. The van der Waals surface area contributed by atoms with Gasteiger partial charge in [-0.15, -0.1) is 10.2 Å². The number of carbonyl (C=O) groups is 1. The van der Waals surface area contributed by atoms with Crippen molar-refractivity contribution in [3.63, 3.8) is 0 Å². The zero-order chi connectivity index (χ0) is 22.5. The number of aromatic nitrogens is 4. The molecular weight excluding hydrogens is 436 g/mol. The average Bonchev–Trinajstić information content (AvgIpc) is 3.21. The van der Waals surface area contributed by atoms with Crippen molar-refractivity contribution in [2.24, 2.45) is 0 Å². The van der Waals surface area contributed by atoms with Crippen molar-refractivity contribution in [1.82, 2.24) is 19.7 Å². The summed E-state index contributed by atoms with van der Waals surface area (Å²) in [6, 6.07) is 16.3. The number of amides is 1. The lowest BCUT2D eigenvalue weighted by atomic mass is 10.2. The van der Waals surface area contributed by atoms with Crippen LogP contribution in [0.4, 0.5) is 14.5 Å². The second-order valence-corrected chi connectivity index (χ2v) is 7.56. The lowest BCUT2D eigenvalue weighted by Crippen LogP contribution is -2.13. The van der Waals surface area contributed by atoms with Gasteiger partial charge in [0.1, 0.15) is 11.6 Å². The van der Waals surface area contributed by atoms with E-state index in [9.17, 15) is 13.6 Å². The predicted octanol–water partition coefficient (Wildman–Crippen LogP) is 5.33. The number of nitrogens with zero attached hydrogens (tertiary/aromatic N) is 4. The van der Waals surface area contributed by atoms with Crippen LogP contribution in [0.15, 0.2) is 78.0 Å². The van der Waals surface area contributed by atoms with Crippen LogP contribution in [0.5, 0.6) is 11.6 Å². The van der Waals surface area contributed by atoms with Gasteiger partial charge in [0.25, 0.3) is 11.7 Å². The van der Waals surface area contributed by atoms with Crippen LogP contribution in [-0.2, 0) is 0 Å². The van der Waals surface area contributed by atoms with E-state index in [1.807, 2.05) is 6.92 Å². The minimum Gasteiger partial charge on any atom is -0.438 e. The summed E-state index contributed by atoms with van der Waals surface area (Å²) in [5.41, 5.74) is 0.679. The summed E-state index contributed by atoms with van der Waals surface area (Å²) in [6.07, 6.45) is 3.47. The molecule has 1 amide bonds. The van der Waals surface area contributed by atoms with Crippen molar-refractivity contribution < 1.29 is 18.3 Å². The van der Waals surface area contributed by atoms with Crippen LogP contribution in [0.25, 0.3) is 5.82 Å². The van der Waals surface area contributed by atoms with Crippen molar-refractivity contribution in [2.45, 2.75) is 17.6 Å². The summed E-state index contributed by atoms with van der Waals surface area (Å²) in [5, 5.41) is 10.9. The summed E-state index contributed by atoms with van der Waals surface area (Å²) in [5.74, 6) is -0.865. The normalized spacial score (nSPS) is 10.9. The first-order valence-corrected chi connectivity index (χ1v) is 10.3. The zero-order valence-electron chi connectivity index (χ0n) is 16.8. The third-order valence-electron chi connectivity index (χ3n) is 4.38. The van der Waals surface area contributed by atoms with E-state index in [1.165, 1.54) is 12.1 Å². The van der Waals surface area contributed by atoms with Gasteiger partial charge in [-0.1, -0.05) is 23.9 Å². The molecule has 0 aliphatic carbocycles. The Morgan fingerprint density at radius 2 is 1.84 bits per heavy atom. The number of carbonyl (C=O) groups excluding carboxylic acids is 1. The number of benzene rings is 2. The van der Waals surface area contributed by atoms with Gasteiger partial charge in [0.05, 0.1) is 5.56 Å². The molecule has 0 radical (unpaired) electrons. The third-order valence-corrected chi connectivity index (χ3v) is 5.17.